The van der Waals surface area contributed by atoms with Gasteiger partial charge in [0.2, 0.25) is 0 Å². The number of aryl methyl sites for hydroxylation is 2. The van der Waals surface area contributed by atoms with E-state index in [2.05, 4.69) is 54.5 Å². The number of aromatic nitrogens is 2. The lowest BCUT2D eigenvalue weighted by molar-refractivity contribution is -0.111. The third kappa shape index (κ3) is 6.25. The highest BCUT2D eigenvalue weighted by Gasteiger charge is 2.21. The zero-order valence-electron chi connectivity index (χ0n) is 22.7. The van der Waals surface area contributed by atoms with Crippen LogP contribution in [0.2, 0.25) is 5.02 Å². The Labute approximate surface area is 225 Å². The van der Waals surface area contributed by atoms with E-state index in [1.54, 1.807) is 13.8 Å². The second-order valence-corrected chi connectivity index (χ2v) is 10.9. The van der Waals surface area contributed by atoms with Crippen molar-refractivity contribution in [3.05, 3.63) is 69.6 Å². The number of fused-ring (bicyclic) bond motifs is 1. The Morgan fingerprint density at radius 2 is 1.81 bits per heavy atom. The normalized spacial score (nSPS) is 16.3. The maximum Gasteiger partial charge on any atom is 0.162 e. The number of hydrogen-bond donors (Lipinski definition) is 1. The summed E-state index contributed by atoms with van der Waals surface area (Å²) in [6.45, 7) is 14.2. The van der Waals surface area contributed by atoms with Gasteiger partial charge in [0.1, 0.15) is 5.82 Å². The molecule has 0 aliphatic carbocycles. The third-order valence-electron chi connectivity index (χ3n) is 7.30. The molecular formula is C30H39ClN4O2. The number of allylic oxidation sites excluding steroid dienone is 2. The Morgan fingerprint density at radius 3 is 2.43 bits per heavy atom. The molecule has 1 atom stereocenters. The molecule has 0 saturated carbocycles. The first-order valence-electron chi connectivity index (χ1n) is 13.2. The molecule has 1 aliphatic rings. The van der Waals surface area contributed by atoms with E-state index in [0.29, 0.717) is 23.2 Å². The maximum atomic E-state index is 12.3. The predicted octanol–water partition coefficient (Wildman–Crippen LogP) is 5.60. The molecule has 2 N–H and O–H groups in total. The lowest BCUT2D eigenvalue weighted by Gasteiger charge is -2.32. The van der Waals surface area contributed by atoms with Crippen LogP contribution >= 0.6 is 11.6 Å². The molecule has 7 heteroatoms. The van der Waals surface area contributed by atoms with Gasteiger partial charge >= 0.3 is 0 Å². The fraction of sp³-hybridized carbons (Fsp3) is 0.467. The highest BCUT2D eigenvalue weighted by atomic mass is 35.5. The number of ketones is 1. The van der Waals surface area contributed by atoms with E-state index in [0.717, 1.165) is 73.1 Å². The van der Waals surface area contributed by atoms with Crippen molar-refractivity contribution in [3.63, 3.8) is 0 Å². The van der Waals surface area contributed by atoms with Crippen LogP contribution in [0.3, 0.4) is 0 Å². The van der Waals surface area contributed by atoms with Crippen molar-refractivity contribution in [3.8, 4) is 0 Å². The monoisotopic (exact) mass is 522 g/mol. The van der Waals surface area contributed by atoms with E-state index in [1.807, 2.05) is 12.1 Å². The minimum Gasteiger partial charge on any atom is -0.402 e. The van der Waals surface area contributed by atoms with E-state index in [4.69, 9.17) is 27.1 Å². The number of imidazole rings is 1. The zero-order valence-corrected chi connectivity index (χ0v) is 23.4. The van der Waals surface area contributed by atoms with Gasteiger partial charge in [-0.15, -0.1) is 0 Å². The number of nitrogens with zero attached hydrogens (tertiary/aromatic N) is 3. The van der Waals surface area contributed by atoms with Crippen molar-refractivity contribution < 1.29 is 9.53 Å². The fourth-order valence-corrected chi connectivity index (χ4v) is 5.71. The lowest BCUT2D eigenvalue weighted by atomic mass is 10.00. The summed E-state index contributed by atoms with van der Waals surface area (Å²) in [7, 11) is 0. The molecule has 37 heavy (non-hydrogen) atoms. The van der Waals surface area contributed by atoms with Gasteiger partial charge in [0.05, 0.1) is 24.2 Å². The number of halogens is 1. The summed E-state index contributed by atoms with van der Waals surface area (Å²) in [6, 6.07) is 12.8. The second kappa shape index (κ2) is 11.8. The van der Waals surface area contributed by atoms with Gasteiger partial charge in [-0.2, -0.15) is 0 Å². The van der Waals surface area contributed by atoms with E-state index >= 15 is 0 Å². The SMILES string of the molecule is CC(=O)/C(=C(/C)N)c1ccc2c(c1)nc(CCc1ccc(C(C)C)c(Cl)c1)n2CC(C)N1CCOCC1. The van der Waals surface area contributed by atoms with Crippen LogP contribution in [0.1, 0.15) is 63.1 Å². The third-order valence-corrected chi connectivity index (χ3v) is 7.63. The molecule has 0 bridgehead atoms. The van der Waals surface area contributed by atoms with E-state index in [9.17, 15) is 4.79 Å². The number of carbonyl (C=O) groups excluding carboxylic acids is 1. The van der Waals surface area contributed by atoms with Gasteiger partial charge in [0, 0.05) is 48.4 Å². The van der Waals surface area contributed by atoms with Gasteiger partial charge in [-0.1, -0.05) is 43.6 Å². The number of ether oxygens (including phenoxy) is 1. The predicted molar refractivity (Wildman–Crippen MR) is 152 cm³/mol. The molecule has 6 nitrogen and oxygen atoms in total. The summed E-state index contributed by atoms with van der Waals surface area (Å²) in [5.41, 5.74) is 12.3. The van der Waals surface area contributed by atoms with E-state index in [-0.39, 0.29) is 5.78 Å². The Morgan fingerprint density at radius 1 is 1.08 bits per heavy atom. The molecule has 3 aromatic rings. The van der Waals surface area contributed by atoms with Gasteiger partial charge in [0.25, 0.3) is 0 Å². The highest BCUT2D eigenvalue weighted by Crippen LogP contribution is 2.28. The lowest BCUT2D eigenvalue weighted by Crippen LogP contribution is -2.44. The number of nitrogens with two attached hydrogens (primary N) is 1. The van der Waals surface area contributed by atoms with Gasteiger partial charge in [-0.05, 0) is 68.0 Å². The molecule has 0 amide bonds. The van der Waals surface area contributed by atoms with Gasteiger partial charge < -0.3 is 15.0 Å². The fourth-order valence-electron chi connectivity index (χ4n) is 5.29. The highest BCUT2D eigenvalue weighted by molar-refractivity contribution is 6.31. The van der Waals surface area contributed by atoms with Crippen LogP contribution in [0.15, 0.2) is 42.1 Å². The van der Waals surface area contributed by atoms with Crippen molar-refractivity contribution in [1.82, 2.24) is 14.5 Å². The Kier molecular flexibility index (Phi) is 8.73. The van der Waals surface area contributed by atoms with Crippen LogP contribution < -0.4 is 5.73 Å². The number of hydrogen-bond acceptors (Lipinski definition) is 5. The number of carbonyl (C=O) groups is 1. The van der Waals surface area contributed by atoms with Crippen LogP contribution in [0.25, 0.3) is 16.6 Å². The molecule has 4 rings (SSSR count). The minimum absolute atomic E-state index is 0.0401. The summed E-state index contributed by atoms with van der Waals surface area (Å²) in [6.07, 6.45) is 1.64. The zero-order chi connectivity index (χ0) is 26.7. The minimum atomic E-state index is -0.0401. The summed E-state index contributed by atoms with van der Waals surface area (Å²) >= 11 is 6.58. The van der Waals surface area contributed by atoms with Crippen LogP contribution in [-0.2, 0) is 28.9 Å². The average Bonchev–Trinajstić information content (AvgIpc) is 3.19. The molecule has 1 aliphatic heterocycles. The smallest absolute Gasteiger partial charge is 0.162 e. The molecule has 2 heterocycles. The number of Topliss-reactive ketones (excluding diaryl/α,β-unsaturated/α-hetero) is 1. The van der Waals surface area contributed by atoms with Crippen LogP contribution in [0.5, 0.6) is 0 Å². The molecule has 2 aromatic carbocycles. The second-order valence-electron chi connectivity index (χ2n) is 10.5. The van der Waals surface area contributed by atoms with Gasteiger partial charge in [0.15, 0.2) is 5.78 Å². The van der Waals surface area contributed by atoms with Crippen molar-refractivity contribution in [2.75, 3.05) is 26.3 Å². The topological polar surface area (TPSA) is 73.4 Å². The Bertz CT molecular complexity index is 1300. The summed E-state index contributed by atoms with van der Waals surface area (Å²) < 4.78 is 7.90. The number of benzene rings is 2. The first-order valence-corrected chi connectivity index (χ1v) is 13.6. The van der Waals surface area contributed by atoms with Crippen LogP contribution in [-0.4, -0.2) is 52.6 Å². The summed E-state index contributed by atoms with van der Waals surface area (Å²) in [5.74, 6) is 1.39. The van der Waals surface area contributed by atoms with Gasteiger partial charge in [-0.25, -0.2) is 4.98 Å². The van der Waals surface area contributed by atoms with Crippen LogP contribution in [0.4, 0.5) is 0 Å². The Balaban J connectivity index is 1.68. The molecule has 0 spiro atoms. The van der Waals surface area contributed by atoms with E-state index < -0.39 is 0 Å². The molecular weight excluding hydrogens is 484 g/mol. The molecule has 198 valence electrons. The van der Waals surface area contributed by atoms with Crippen molar-refractivity contribution in [2.45, 2.75) is 66.0 Å². The van der Waals surface area contributed by atoms with Crippen molar-refractivity contribution >= 4 is 34.0 Å². The first-order chi connectivity index (χ1) is 17.7. The van der Waals surface area contributed by atoms with E-state index in [1.165, 1.54) is 11.1 Å². The quantitative estimate of drug-likeness (QED) is 0.370. The summed E-state index contributed by atoms with van der Waals surface area (Å²) in [5, 5.41) is 0.826. The maximum absolute atomic E-state index is 12.3. The average molecular weight is 523 g/mol. The molecule has 1 saturated heterocycles. The summed E-state index contributed by atoms with van der Waals surface area (Å²) in [4.78, 5) is 19.8. The molecule has 0 radical (unpaired) electrons. The van der Waals surface area contributed by atoms with Crippen molar-refractivity contribution in [2.24, 2.45) is 5.73 Å². The molecule has 1 fully saturated rings. The standard InChI is InChI=1S/C30H39ClN4O2/c1-19(2)25-9-6-23(16-26(25)31)7-11-29-33-27-17-24(30(21(4)32)22(5)36)8-10-28(27)35(29)18-20(3)34-12-14-37-15-13-34/h6,8-10,16-17,19-20H,7,11-15,18,32H2,1-5H3/b30-21+. The molecule has 1 unspecified atom stereocenters. The van der Waals surface area contributed by atoms with Crippen LogP contribution in [0, 0.1) is 0 Å². The number of morpholine rings is 1. The van der Waals surface area contributed by atoms with Crippen molar-refractivity contribution in [1.29, 1.82) is 0 Å². The van der Waals surface area contributed by atoms with Gasteiger partial charge in [-0.3, -0.25) is 9.69 Å². The molecule has 1 aromatic heterocycles. The first kappa shape index (κ1) is 27.4. The number of rotatable bonds is 9. The largest absolute Gasteiger partial charge is 0.402 e. The Hall–Kier alpha value is -2.67.